The van der Waals surface area contributed by atoms with Crippen molar-refractivity contribution in [3.8, 4) is 0 Å². The average molecular weight is 436 g/mol. The van der Waals surface area contributed by atoms with Crippen molar-refractivity contribution in [3.63, 3.8) is 0 Å². The van der Waals surface area contributed by atoms with Crippen LogP contribution in [0.4, 0.5) is 18.9 Å². The topological polar surface area (TPSA) is 83.5 Å². The maximum absolute atomic E-state index is 12.7. The fourth-order valence-corrected chi connectivity index (χ4v) is 4.33. The van der Waals surface area contributed by atoms with E-state index in [4.69, 9.17) is 11.6 Å². The first-order valence-electron chi connectivity index (χ1n) is 7.94. The molecule has 0 aliphatic carbocycles. The first-order chi connectivity index (χ1) is 12.8. The van der Waals surface area contributed by atoms with Gasteiger partial charge >= 0.3 is 6.18 Å². The number of hydrogen-bond donors (Lipinski definition) is 2. The van der Waals surface area contributed by atoms with Gasteiger partial charge in [0, 0.05) is 10.7 Å². The molecule has 28 heavy (non-hydrogen) atoms. The number of alkyl halides is 3. The smallest absolute Gasteiger partial charge is 0.379 e. The van der Waals surface area contributed by atoms with Crippen molar-refractivity contribution in [1.29, 1.82) is 0 Å². The number of carbonyl (C=O) groups is 1. The lowest BCUT2D eigenvalue weighted by atomic mass is 10.1. The molecule has 2 N–H and O–H groups in total. The summed E-state index contributed by atoms with van der Waals surface area (Å²) in [7, 11) is -3.91. The average Bonchev–Trinajstić information content (AvgIpc) is 2.55. The molecular formula is C18H17ClF3NO4S. The molecular weight excluding hydrogens is 419 g/mol. The minimum absolute atomic E-state index is 0.213. The van der Waals surface area contributed by atoms with Crippen molar-refractivity contribution < 1.29 is 31.5 Å². The fraction of sp³-hybridized carbons (Fsp3) is 0.278. The SMILES string of the molecule is C[C@@](O)(CS(=O)(=O)Cc1ccc(Cl)cc1)C(=O)Nc1cccc(C(F)(F)F)c1. The number of sulfone groups is 1. The van der Waals surface area contributed by atoms with Crippen LogP contribution in [0.2, 0.25) is 5.02 Å². The lowest BCUT2D eigenvalue weighted by Gasteiger charge is -2.22. The highest BCUT2D eigenvalue weighted by Gasteiger charge is 2.36. The summed E-state index contributed by atoms with van der Waals surface area (Å²) in [6.07, 6.45) is -4.61. The van der Waals surface area contributed by atoms with Gasteiger partial charge in [0.15, 0.2) is 15.4 Å². The van der Waals surface area contributed by atoms with Gasteiger partial charge in [-0.3, -0.25) is 4.79 Å². The van der Waals surface area contributed by atoms with Crippen LogP contribution in [-0.4, -0.2) is 30.8 Å². The van der Waals surface area contributed by atoms with Gasteiger partial charge in [0.2, 0.25) is 0 Å². The fourth-order valence-electron chi connectivity index (χ4n) is 2.42. The van der Waals surface area contributed by atoms with E-state index in [1.54, 1.807) is 0 Å². The first-order valence-corrected chi connectivity index (χ1v) is 10.1. The number of amides is 1. The first kappa shape index (κ1) is 22.2. The Morgan fingerprint density at radius 1 is 1.14 bits per heavy atom. The van der Waals surface area contributed by atoms with Crippen LogP contribution in [0.15, 0.2) is 48.5 Å². The number of halogens is 4. The minimum atomic E-state index is -4.61. The molecule has 1 amide bonds. The third-order valence-corrected chi connectivity index (χ3v) is 5.76. The normalized spacial score (nSPS) is 14.4. The molecule has 0 radical (unpaired) electrons. The monoisotopic (exact) mass is 435 g/mol. The van der Waals surface area contributed by atoms with Crippen molar-refractivity contribution in [2.24, 2.45) is 0 Å². The molecule has 0 aromatic heterocycles. The number of rotatable bonds is 6. The summed E-state index contributed by atoms with van der Waals surface area (Å²) in [6.45, 7) is 0.982. The Morgan fingerprint density at radius 3 is 2.32 bits per heavy atom. The van der Waals surface area contributed by atoms with E-state index in [1.165, 1.54) is 30.3 Å². The lowest BCUT2D eigenvalue weighted by Crippen LogP contribution is -2.46. The van der Waals surface area contributed by atoms with E-state index in [-0.39, 0.29) is 5.69 Å². The number of carbonyl (C=O) groups excluding carboxylic acids is 1. The van der Waals surface area contributed by atoms with Crippen LogP contribution in [0.5, 0.6) is 0 Å². The van der Waals surface area contributed by atoms with Crippen molar-refractivity contribution in [2.75, 3.05) is 11.1 Å². The number of anilines is 1. The van der Waals surface area contributed by atoms with Crippen LogP contribution in [-0.2, 0) is 26.6 Å². The van der Waals surface area contributed by atoms with Crippen LogP contribution in [0, 0.1) is 0 Å². The largest absolute Gasteiger partial charge is 0.416 e. The zero-order valence-electron chi connectivity index (χ0n) is 14.6. The Morgan fingerprint density at radius 2 is 1.75 bits per heavy atom. The molecule has 0 unspecified atom stereocenters. The highest BCUT2D eigenvalue weighted by atomic mass is 35.5. The predicted octanol–water partition coefficient (Wildman–Crippen LogP) is 3.66. The van der Waals surface area contributed by atoms with Gasteiger partial charge < -0.3 is 10.4 Å². The van der Waals surface area contributed by atoms with E-state index >= 15 is 0 Å². The van der Waals surface area contributed by atoms with Gasteiger partial charge in [-0.2, -0.15) is 13.2 Å². The van der Waals surface area contributed by atoms with Crippen molar-refractivity contribution in [1.82, 2.24) is 0 Å². The summed E-state index contributed by atoms with van der Waals surface area (Å²) in [6, 6.07) is 9.81. The Balaban J connectivity index is 2.10. The second-order valence-electron chi connectivity index (χ2n) is 6.47. The lowest BCUT2D eigenvalue weighted by molar-refractivity contribution is -0.137. The van der Waals surface area contributed by atoms with Crippen LogP contribution in [0.3, 0.4) is 0 Å². The summed E-state index contributed by atoms with van der Waals surface area (Å²) in [5, 5.41) is 12.8. The molecule has 0 fully saturated rings. The molecule has 0 aliphatic heterocycles. The molecule has 0 heterocycles. The second kappa shape index (κ2) is 8.10. The van der Waals surface area contributed by atoms with Crippen molar-refractivity contribution in [2.45, 2.75) is 24.5 Å². The summed E-state index contributed by atoms with van der Waals surface area (Å²) in [5.41, 5.74) is -3.13. The second-order valence-corrected chi connectivity index (χ2v) is 8.97. The Labute approximate surface area is 165 Å². The maximum atomic E-state index is 12.7. The Bertz CT molecular complexity index is 958. The molecule has 152 valence electrons. The van der Waals surface area contributed by atoms with Crippen molar-refractivity contribution in [3.05, 3.63) is 64.7 Å². The molecule has 0 saturated heterocycles. The quantitative estimate of drug-likeness (QED) is 0.725. The summed E-state index contributed by atoms with van der Waals surface area (Å²) in [4.78, 5) is 12.2. The van der Waals surface area contributed by atoms with E-state index in [9.17, 15) is 31.5 Å². The van der Waals surface area contributed by atoms with Crippen LogP contribution < -0.4 is 5.32 Å². The van der Waals surface area contributed by atoms with Gasteiger partial charge in [-0.1, -0.05) is 29.8 Å². The van der Waals surface area contributed by atoms with E-state index in [2.05, 4.69) is 5.32 Å². The van der Waals surface area contributed by atoms with Gasteiger partial charge in [-0.15, -0.1) is 0 Å². The number of nitrogens with one attached hydrogen (secondary N) is 1. The third kappa shape index (κ3) is 6.22. The van der Waals surface area contributed by atoms with E-state index in [0.29, 0.717) is 16.7 Å². The van der Waals surface area contributed by atoms with Gasteiger partial charge in [0.25, 0.3) is 5.91 Å². The summed E-state index contributed by atoms with van der Waals surface area (Å²) >= 11 is 5.73. The van der Waals surface area contributed by atoms with E-state index in [0.717, 1.165) is 19.1 Å². The molecule has 5 nitrogen and oxygen atoms in total. The molecule has 1 atom stereocenters. The van der Waals surface area contributed by atoms with E-state index in [1.807, 2.05) is 0 Å². The molecule has 0 saturated carbocycles. The molecule has 2 rings (SSSR count). The van der Waals surface area contributed by atoms with Crippen LogP contribution in [0.1, 0.15) is 18.1 Å². The predicted molar refractivity (Wildman–Crippen MR) is 99.6 cm³/mol. The minimum Gasteiger partial charge on any atom is -0.379 e. The highest BCUT2D eigenvalue weighted by Crippen LogP contribution is 2.31. The van der Waals surface area contributed by atoms with Gasteiger partial charge in [-0.05, 0) is 42.8 Å². The zero-order valence-corrected chi connectivity index (χ0v) is 16.2. The molecule has 0 aliphatic rings. The van der Waals surface area contributed by atoms with Crippen molar-refractivity contribution >= 4 is 33.0 Å². The molecule has 2 aromatic carbocycles. The molecule has 0 bridgehead atoms. The maximum Gasteiger partial charge on any atom is 0.416 e. The van der Waals surface area contributed by atoms with Gasteiger partial charge in [0.05, 0.1) is 17.1 Å². The summed E-state index contributed by atoms with van der Waals surface area (Å²) < 4.78 is 62.9. The number of hydrogen-bond acceptors (Lipinski definition) is 4. The third-order valence-electron chi connectivity index (χ3n) is 3.74. The Kier molecular flexibility index (Phi) is 6.42. The molecule has 10 heteroatoms. The van der Waals surface area contributed by atoms with E-state index < -0.39 is 44.6 Å². The number of benzene rings is 2. The van der Waals surface area contributed by atoms with Crippen LogP contribution in [0.25, 0.3) is 0 Å². The summed E-state index contributed by atoms with van der Waals surface area (Å²) in [5.74, 6) is -2.48. The van der Waals surface area contributed by atoms with Crippen LogP contribution >= 0.6 is 11.6 Å². The Hall–Kier alpha value is -2.10. The number of aliphatic hydroxyl groups is 1. The zero-order chi connectivity index (χ0) is 21.2. The van der Waals surface area contributed by atoms with Gasteiger partial charge in [0.1, 0.15) is 0 Å². The van der Waals surface area contributed by atoms with Gasteiger partial charge in [-0.25, -0.2) is 8.42 Å². The molecule has 0 spiro atoms. The molecule has 2 aromatic rings. The highest BCUT2D eigenvalue weighted by molar-refractivity contribution is 7.90. The standard InChI is InChI=1S/C18H17ClF3NO4S/c1-17(25,11-28(26,27)10-12-5-7-14(19)8-6-12)16(24)23-15-4-2-3-13(9-15)18(20,21)22/h2-9,25H,10-11H2,1H3,(H,23,24)/t17-/m1/s1.